The van der Waals surface area contributed by atoms with Gasteiger partial charge in [0.05, 0.1) is 7.11 Å². The van der Waals surface area contributed by atoms with Crippen molar-refractivity contribution in [1.82, 2.24) is 5.32 Å². The third-order valence-corrected chi connectivity index (χ3v) is 3.31. The lowest BCUT2D eigenvalue weighted by atomic mass is 10.2. The van der Waals surface area contributed by atoms with Gasteiger partial charge in [0.25, 0.3) is 0 Å². The van der Waals surface area contributed by atoms with Gasteiger partial charge in [0, 0.05) is 18.2 Å². The minimum atomic E-state index is -0.109. The first-order chi connectivity index (χ1) is 6.33. The second-order valence-corrected chi connectivity index (χ2v) is 4.34. The summed E-state index contributed by atoms with van der Waals surface area (Å²) in [7, 11) is 1.43. The smallest absolute Gasteiger partial charge is 0.305 e. The van der Waals surface area contributed by atoms with Gasteiger partial charge in [-0.25, -0.2) is 0 Å². The Kier molecular flexibility index (Phi) is 5.23. The molecule has 0 aromatic heterocycles. The third-order valence-electron chi connectivity index (χ3n) is 2.15. The van der Waals surface area contributed by atoms with Gasteiger partial charge in [-0.3, -0.25) is 4.79 Å². The number of rotatable bonds is 5. The van der Waals surface area contributed by atoms with Crippen molar-refractivity contribution in [2.45, 2.75) is 25.3 Å². The molecule has 0 spiro atoms. The topological polar surface area (TPSA) is 38.3 Å². The summed E-state index contributed by atoms with van der Waals surface area (Å²) in [6.07, 6.45) is 2.68. The Morgan fingerprint density at radius 2 is 2.54 bits per heavy atom. The quantitative estimate of drug-likeness (QED) is 0.535. The predicted molar refractivity (Wildman–Crippen MR) is 55.0 cm³/mol. The SMILES string of the molecule is COC(=O)CCCNC1CCSC1. The van der Waals surface area contributed by atoms with E-state index in [0.717, 1.165) is 13.0 Å². The highest BCUT2D eigenvalue weighted by molar-refractivity contribution is 7.99. The lowest BCUT2D eigenvalue weighted by molar-refractivity contribution is -0.140. The normalized spacial score (nSPS) is 21.8. The molecule has 0 saturated carbocycles. The number of methoxy groups -OCH3 is 1. The number of esters is 1. The molecule has 1 saturated heterocycles. The van der Waals surface area contributed by atoms with Crippen molar-refractivity contribution in [2.75, 3.05) is 25.2 Å². The van der Waals surface area contributed by atoms with Crippen molar-refractivity contribution in [2.24, 2.45) is 0 Å². The van der Waals surface area contributed by atoms with Crippen molar-refractivity contribution < 1.29 is 9.53 Å². The maximum absolute atomic E-state index is 10.8. The molecule has 13 heavy (non-hydrogen) atoms. The van der Waals surface area contributed by atoms with Gasteiger partial charge < -0.3 is 10.1 Å². The van der Waals surface area contributed by atoms with Crippen LogP contribution in [0.1, 0.15) is 19.3 Å². The summed E-state index contributed by atoms with van der Waals surface area (Å²) >= 11 is 2.00. The number of nitrogens with one attached hydrogen (secondary N) is 1. The lowest BCUT2D eigenvalue weighted by Gasteiger charge is -2.09. The minimum absolute atomic E-state index is 0.109. The maximum atomic E-state index is 10.8. The molecule has 0 bridgehead atoms. The van der Waals surface area contributed by atoms with E-state index in [-0.39, 0.29) is 5.97 Å². The van der Waals surface area contributed by atoms with Gasteiger partial charge in [0.15, 0.2) is 0 Å². The van der Waals surface area contributed by atoms with Crippen LogP contribution in [0, 0.1) is 0 Å². The van der Waals surface area contributed by atoms with E-state index in [1.54, 1.807) is 0 Å². The standard InChI is InChI=1S/C9H17NO2S/c1-12-9(11)3-2-5-10-8-4-6-13-7-8/h8,10H,2-7H2,1H3. The Morgan fingerprint density at radius 3 is 3.15 bits per heavy atom. The molecular formula is C9H17NO2S. The minimum Gasteiger partial charge on any atom is -0.469 e. The summed E-state index contributed by atoms with van der Waals surface area (Å²) in [5.41, 5.74) is 0. The van der Waals surface area contributed by atoms with Crippen molar-refractivity contribution >= 4 is 17.7 Å². The molecule has 1 aliphatic rings. The molecule has 0 radical (unpaired) electrons. The zero-order valence-corrected chi connectivity index (χ0v) is 8.86. The molecule has 0 aliphatic carbocycles. The summed E-state index contributed by atoms with van der Waals surface area (Å²) < 4.78 is 4.55. The molecule has 1 N–H and O–H groups in total. The Labute approximate surface area is 83.6 Å². The predicted octanol–water partition coefficient (Wildman–Crippen LogP) is 1.03. The molecular weight excluding hydrogens is 186 g/mol. The van der Waals surface area contributed by atoms with E-state index in [9.17, 15) is 4.79 Å². The van der Waals surface area contributed by atoms with Gasteiger partial charge in [-0.2, -0.15) is 11.8 Å². The van der Waals surface area contributed by atoms with Gasteiger partial charge in [-0.15, -0.1) is 0 Å². The van der Waals surface area contributed by atoms with Crippen LogP contribution in [-0.2, 0) is 9.53 Å². The Hall–Kier alpha value is -0.220. The first kappa shape index (κ1) is 10.9. The van der Waals surface area contributed by atoms with Gasteiger partial charge in [-0.05, 0) is 25.1 Å². The zero-order valence-electron chi connectivity index (χ0n) is 8.04. The molecule has 1 fully saturated rings. The summed E-state index contributed by atoms with van der Waals surface area (Å²) in [6.45, 7) is 0.931. The highest BCUT2D eigenvalue weighted by atomic mass is 32.2. The van der Waals surface area contributed by atoms with Gasteiger partial charge >= 0.3 is 5.97 Å². The number of ether oxygens (including phenoxy) is 1. The van der Waals surface area contributed by atoms with E-state index >= 15 is 0 Å². The van der Waals surface area contributed by atoms with E-state index < -0.39 is 0 Å². The zero-order chi connectivity index (χ0) is 9.52. The largest absolute Gasteiger partial charge is 0.469 e. The molecule has 3 nitrogen and oxygen atoms in total. The van der Waals surface area contributed by atoms with E-state index in [4.69, 9.17) is 0 Å². The third kappa shape index (κ3) is 4.52. The van der Waals surface area contributed by atoms with Crippen molar-refractivity contribution in [1.29, 1.82) is 0 Å². The van der Waals surface area contributed by atoms with Gasteiger partial charge in [0.2, 0.25) is 0 Å². The van der Waals surface area contributed by atoms with Crippen molar-refractivity contribution in [3.63, 3.8) is 0 Å². The van der Waals surface area contributed by atoms with Crippen LogP contribution in [0.2, 0.25) is 0 Å². The van der Waals surface area contributed by atoms with Crippen LogP contribution in [-0.4, -0.2) is 37.2 Å². The Balaban J connectivity index is 1.91. The van der Waals surface area contributed by atoms with Crippen LogP contribution in [0.25, 0.3) is 0 Å². The van der Waals surface area contributed by atoms with Crippen LogP contribution in [0.5, 0.6) is 0 Å². The molecule has 1 unspecified atom stereocenters. The molecule has 1 aliphatic heterocycles. The highest BCUT2D eigenvalue weighted by Gasteiger charge is 2.13. The van der Waals surface area contributed by atoms with Crippen LogP contribution < -0.4 is 5.32 Å². The van der Waals surface area contributed by atoms with Crippen LogP contribution >= 0.6 is 11.8 Å². The van der Waals surface area contributed by atoms with Crippen LogP contribution in [0.15, 0.2) is 0 Å². The van der Waals surface area contributed by atoms with E-state index in [2.05, 4.69) is 10.1 Å². The number of hydrogen-bond acceptors (Lipinski definition) is 4. The summed E-state index contributed by atoms with van der Waals surface area (Å²) in [6, 6.07) is 0.669. The van der Waals surface area contributed by atoms with Gasteiger partial charge in [0.1, 0.15) is 0 Å². The fourth-order valence-corrected chi connectivity index (χ4v) is 2.52. The number of carbonyl (C=O) groups excluding carboxylic acids is 1. The molecule has 0 aromatic carbocycles. The molecule has 1 heterocycles. The summed E-state index contributed by atoms with van der Waals surface area (Å²) in [5.74, 6) is 2.38. The Bertz CT molecular complexity index is 158. The second-order valence-electron chi connectivity index (χ2n) is 3.19. The number of thioether (sulfide) groups is 1. The van der Waals surface area contributed by atoms with E-state index in [1.165, 1.54) is 25.0 Å². The molecule has 4 heteroatoms. The monoisotopic (exact) mass is 203 g/mol. The molecule has 76 valence electrons. The first-order valence-corrected chi connectivity index (χ1v) is 5.86. The maximum Gasteiger partial charge on any atom is 0.305 e. The highest BCUT2D eigenvalue weighted by Crippen LogP contribution is 2.16. The fourth-order valence-electron chi connectivity index (χ4n) is 1.34. The molecule has 0 amide bonds. The number of carbonyl (C=O) groups is 1. The number of hydrogen-bond donors (Lipinski definition) is 1. The molecule has 1 atom stereocenters. The molecule has 1 rings (SSSR count). The fraction of sp³-hybridized carbons (Fsp3) is 0.889. The average molecular weight is 203 g/mol. The first-order valence-electron chi connectivity index (χ1n) is 4.71. The second kappa shape index (κ2) is 6.27. The van der Waals surface area contributed by atoms with E-state index in [0.29, 0.717) is 12.5 Å². The van der Waals surface area contributed by atoms with Gasteiger partial charge in [-0.1, -0.05) is 0 Å². The van der Waals surface area contributed by atoms with Crippen LogP contribution in [0.3, 0.4) is 0 Å². The summed E-state index contributed by atoms with van der Waals surface area (Å²) in [4.78, 5) is 10.8. The summed E-state index contributed by atoms with van der Waals surface area (Å²) in [5, 5.41) is 3.43. The lowest BCUT2D eigenvalue weighted by Crippen LogP contribution is -2.29. The van der Waals surface area contributed by atoms with Crippen molar-refractivity contribution in [3.05, 3.63) is 0 Å². The Morgan fingerprint density at radius 1 is 1.69 bits per heavy atom. The van der Waals surface area contributed by atoms with E-state index in [1.807, 2.05) is 11.8 Å². The average Bonchev–Trinajstić information content (AvgIpc) is 2.64. The van der Waals surface area contributed by atoms with Crippen LogP contribution in [0.4, 0.5) is 0 Å². The molecule has 0 aromatic rings. The van der Waals surface area contributed by atoms with Crippen molar-refractivity contribution in [3.8, 4) is 0 Å².